The van der Waals surface area contributed by atoms with Gasteiger partial charge in [-0.05, 0) is 37.0 Å². The van der Waals surface area contributed by atoms with E-state index in [1.54, 1.807) is 0 Å². The molecule has 0 atom stereocenters. The second-order valence-electron chi connectivity index (χ2n) is 7.28. The number of halogens is 2. The van der Waals surface area contributed by atoms with Crippen molar-refractivity contribution in [3.05, 3.63) is 65.7 Å². The third-order valence-electron chi connectivity index (χ3n) is 4.59. The van der Waals surface area contributed by atoms with Gasteiger partial charge in [0.25, 0.3) is 0 Å². The van der Waals surface area contributed by atoms with Crippen LogP contribution < -0.4 is 4.90 Å². The lowest BCUT2D eigenvalue weighted by atomic mass is 9.86. The van der Waals surface area contributed by atoms with Crippen LogP contribution in [0.5, 0.6) is 0 Å². The van der Waals surface area contributed by atoms with Crippen LogP contribution in [0.1, 0.15) is 45.6 Å². The van der Waals surface area contributed by atoms with Crippen LogP contribution in [0, 0.1) is 17.0 Å². The molecule has 0 N–H and O–H groups in total. The van der Waals surface area contributed by atoms with Crippen LogP contribution in [0.3, 0.4) is 0 Å². The molecule has 0 saturated carbocycles. The number of hydrogen-bond acceptors (Lipinski definition) is 1. The van der Waals surface area contributed by atoms with Crippen LogP contribution in [0.2, 0.25) is 0 Å². The fourth-order valence-electron chi connectivity index (χ4n) is 3.21. The van der Waals surface area contributed by atoms with Gasteiger partial charge in [0, 0.05) is 18.0 Å². The number of carbonyl (C=O) groups excluding carboxylic acids is 1. The maximum atomic E-state index is 14.4. The monoisotopic (exact) mass is 359 g/mol. The van der Waals surface area contributed by atoms with Gasteiger partial charge >= 0.3 is 0 Å². The molecule has 2 aromatic rings. The summed E-state index contributed by atoms with van der Waals surface area (Å²) in [5, 5.41) is 0. The summed E-state index contributed by atoms with van der Waals surface area (Å²) in [4.78, 5) is 14.6. The molecule has 0 aliphatic carbocycles. The smallest absolute Gasteiger partial charge is 0.232 e. The number of amides is 1. The van der Waals surface area contributed by atoms with Gasteiger partial charge in [0.1, 0.15) is 11.6 Å². The molecule has 0 unspecified atom stereocenters. The fourth-order valence-corrected chi connectivity index (χ4v) is 3.21. The lowest BCUT2D eigenvalue weighted by molar-refractivity contribution is -0.127. The van der Waals surface area contributed by atoms with Gasteiger partial charge in [-0.15, -0.1) is 0 Å². The van der Waals surface area contributed by atoms with Gasteiger partial charge < -0.3 is 4.90 Å². The highest BCUT2D eigenvalue weighted by atomic mass is 19.1. The van der Waals surface area contributed by atoms with Gasteiger partial charge in [-0.25, -0.2) is 8.78 Å². The average Bonchev–Trinajstić information content (AvgIpc) is 2.60. The summed E-state index contributed by atoms with van der Waals surface area (Å²) in [6, 6.07) is 13.4. The Kier molecular flexibility index (Phi) is 6.90. The maximum absolute atomic E-state index is 14.4. The first-order valence-corrected chi connectivity index (χ1v) is 9.16. The van der Waals surface area contributed by atoms with Crippen molar-refractivity contribution in [3.8, 4) is 0 Å². The number of carbonyl (C=O) groups is 1. The predicted molar refractivity (Wildman–Crippen MR) is 102 cm³/mol. The summed E-state index contributed by atoms with van der Waals surface area (Å²) in [7, 11) is 0. The Labute approximate surface area is 154 Å². The van der Waals surface area contributed by atoms with Crippen LogP contribution in [0.4, 0.5) is 14.5 Å². The molecule has 140 valence electrons. The third-order valence-corrected chi connectivity index (χ3v) is 4.59. The minimum atomic E-state index is -0.703. The SMILES string of the molecule is CCCC(C)(C)C(=O)N(CCCc1ccccc1)c1ccc(F)cc1F. The second-order valence-corrected chi connectivity index (χ2v) is 7.28. The highest BCUT2D eigenvalue weighted by Gasteiger charge is 2.32. The summed E-state index contributed by atoms with van der Waals surface area (Å²) in [5.74, 6) is -1.47. The van der Waals surface area contributed by atoms with Crippen LogP contribution in [-0.4, -0.2) is 12.5 Å². The van der Waals surface area contributed by atoms with Crippen molar-refractivity contribution in [2.45, 2.75) is 46.5 Å². The molecule has 0 saturated heterocycles. The summed E-state index contributed by atoms with van der Waals surface area (Å²) in [6.45, 7) is 6.17. The molecule has 26 heavy (non-hydrogen) atoms. The first-order chi connectivity index (χ1) is 12.3. The van der Waals surface area contributed by atoms with Crippen LogP contribution >= 0.6 is 0 Å². The average molecular weight is 359 g/mol. The number of hydrogen-bond donors (Lipinski definition) is 0. The highest BCUT2D eigenvalue weighted by molar-refractivity contribution is 5.97. The molecule has 0 spiro atoms. The van der Waals surface area contributed by atoms with Crippen molar-refractivity contribution in [1.82, 2.24) is 0 Å². The van der Waals surface area contributed by atoms with Gasteiger partial charge in [-0.1, -0.05) is 57.5 Å². The van der Waals surface area contributed by atoms with E-state index in [2.05, 4.69) is 0 Å². The number of rotatable bonds is 8. The second kappa shape index (κ2) is 8.93. The molecule has 1 amide bonds. The molecule has 0 fully saturated rings. The Hall–Kier alpha value is -2.23. The lowest BCUT2D eigenvalue weighted by Gasteiger charge is -2.32. The maximum Gasteiger partial charge on any atom is 0.232 e. The van der Waals surface area contributed by atoms with Crippen LogP contribution in [0.25, 0.3) is 0 Å². The summed E-state index contributed by atoms with van der Waals surface area (Å²) >= 11 is 0. The van der Waals surface area contributed by atoms with E-state index in [9.17, 15) is 13.6 Å². The Morgan fingerprint density at radius 2 is 1.77 bits per heavy atom. The van der Waals surface area contributed by atoms with Gasteiger partial charge in [0.2, 0.25) is 5.91 Å². The Balaban J connectivity index is 2.22. The van der Waals surface area contributed by atoms with Crippen molar-refractivity contribution in [2.24, 2.45) is 5.41 Å². The van der Waals surface area contributed by atoms with E-state index in [4.69, 9.17) is 0 Å². The van der Waals surface area contributed by atoms with E-state index >= 15 is 0 Å². The number of benzene rings is 2. The van der Waals surface area contributed by atoms with E-state index in [0.717, 1.165) is 18.9 Å². The third kappa shape index (κ3) is 5.13. The molecule has 0 aromatic heterocycles. The number of nitrogens with zero attached hydrogens (tertiary/aromatic N) is 1. The van der Waals surface area contributed by atoms with E-state index in [1.165, 1.54) is 22.6 Å². The zero-order valence-corrected chi connectivity index (χ0v) is 15.8. The minimum absolute atomic E-state index is 0.127. The molecular formula is C22H27F2NO. The normalized spacial score (nSPS) is 11.4. The zero-order chi connectivity index (χ0) is 19.2. The Morgan fingerprint density at radius 3 is 2.38 bits per heavy atom. The standard InChI is InChI=1S/C22H27F2NO/c1-4-14-22(2,3)21(26)25(20-13-12-18(23)16-19(20)24)15-8-11-17-9-6-5-7-10-17/h5-7,9-10,12-13,16H,4,8,11,14-15H2,1-3H3. The zero-order valence-electron chi connectivity index (χ0n) is 15.8. The first-order valence-electron chi connectivity index (χ1n) is 9.16. The van der Waals surface area contributed by atoms with E-state index < -0.39 is 17.0 Å². The predicted octanol–water partition coefficient (Wildman–Crippen LogP) is 5.76. The fraction of sp³-hybridized carbons (Fsp3) is 0.409. The number of anilines is 1. The van der Waals surface area contributed by atoms with Crippen molar-refractivity contribution in [1.29, 1.82) is 0 Å². The van der Waals surface area contributed by atoms with Crippen LogP contribution in [-0.2, 0) is 11.2 Å². The summed E-state index contributed by atoms with van der Waals surface area (Å²) in [6.07, 6.45) is 3.07. The van der Waals surface area contributed by atoms with E-state index in [0.29, 0.717) is 19.4 Å². The van der Waals surface area contributed by atoms with E-state index in [1.807, 2.05) is 51.1 Å². The number of aryl methyl sites for hydroxylation is 1. The molecular weight excluding hydrogens is 332 g/mol. The Bertz CT molecular complexity index is 728. The molecule has 0 bridgehead atoms. The minimum Gasteiger partial charge on any atom is -0.309 e. The van der Waals surface area contributed by atoms with Crippen LogP contribution in [0.15, 0.2) is 48.5 Å². The van der Waals surface area contributed by atoms with Gasteiger partial charge in [0.15, 0.2) is 0 Å². The molecule has 0 radical (unpaired) electrons. The molecule has 0 heterocycles. The van der Waals surface area contributed by atoms with Gasteiger partial charge in [-0.2, -0.15) is 0 Å². The summed E-state index contributed by atoms with van der Waals surface area (Å²) in [5.41, 5.74) is 0.725. The Morgan fingerprint density at radius 1 is 1.08 bits per heavy atom. The molecule has 2 rings (SSSR count). The quantitative estimate of drug-likeness (QED) is 0.587. The largest absolute Gasteiger partial charge is 0.309 e. The molecule has 0 aliphatic heterocycles. The van der Waals surface area contributed by atoms with Crippen molar-refractivity contribution < 1.29 is 13.6 Å². The van der Waals surface area contributed by atoms with Gasteiger partial charge in [0.05, 0.1) is 5.69 Å². The van der Waals surface area contributed by atoms with Crippen molar-refractivity contribution in [3.63, 3.8) is 0 Å². The molecule has 2 nitrogen and oxygen atoms in total. The summed E-state index contributed by atoms with van der Waals surface area (Å²) < 4.78 is 27.6. The first kappa shape index (κ1) is 20.1. The lowest BCUT2D eigenvalue weighted by Crippen LogP contribution is -2.42. The molecule has 0 aliphatic rings. The highest BCUT2D eigenvalue weighted by Crippen LogP contribution is 2.30. The topological polar surface area (TPSA) is 20.3 Å². The van der Waals surface area contributed by atoms with Crippen molar-refractivity contribution >= 4 is 11.6 Å². The molecule has 2 aromatic carbocycles. The van der Waals surface area contributed by atoms with Crippen molar-refractivity contribution in [2.75, 3.05) is 11.4 Å². The van der Waals surface area contributed by atoms with E-state index in [-0.39, 0.29) is 11.6 Å². The van der Waals surface area contributed by atoms with Gasteiger partial charge in [-0.3, -0.25) is 4.79 Å². The molecule has 4 heteroatoms.